The maximum absolute atomic E-state index is 10.8. The highest BCUT2D eigenvalue weighted by atomic mass is 35.5. The summed E-state index contributed by atoms with van der Waals surface area (Å²) in [6.07, 6.45) is 1.22. The fourth-order valence-corrected chi connectivity index (χ4v) is 2.03. The molecule has 4 nitrogen and oxygen atoms in total. The molecule has 0 unspecified atom stereocenters. The van der Waals surface area contributed by atoms with Gasteiger partial charge in [0.25, 0.3) is 0 Å². The Bertz CT molecular complexity index is 683. The monoisotopic (exact) mass is 291 g/mol. The third-order valence-corrected chi connectivity index (χ3v) is 3.30. The molecule has 2 rings (SSSR count). The summed E-state index contributed by atoms with van der Waals surface area (Å²) in [7, 11) is 0. The van der Waals surface area contributed by atoms with E-state index in [2.05, 4.69) is 11.1 Å². The van der Waals surface area contributed by atoms with Gasteiger partial charge in [0.05, 0.1) is 5.56 Å². The summed E-state index contributed by atoms with van der Waals surface area (Å²) in [6.45, 7) is 5.92. The summed E-state index contributed by atoms with van der Waals surface area (Å²) in [5.41, 5.74) is 3.20. The van der Waals surface area contributed by atoms with Gasteiger partial charge in [-0.05, 0) is 49.6 Å². The van der Waals surface area contributed by atoms with Gasteiger partial charge >= 0.3 is 5.97 Å². The molecule has 0 amide bonds. The maximum atomic E-state index is 10.8. The smallest absolute Gasteiger partial charge is 0.337 e. The van der Waals surface area contributed by atoms with Gasteiger partial charge in [0, 0.05) is 6.20 Å². The number of halogens is 1. The lowest BCUT2D eigenvalue weighted by Gasteiger charge is -2.12. The van der Waals surface area contributed by atoms with E-state index >= 15 is 0 Å². The fraction of sp³-hybridized carbons (Fsp3) is 0.200. The molecule has 0 radical (unpaired) electrons. The van der Waals surface area contributed by atoms with Crippen molar-refractivity contribution in [2.75, 3.05) is 0 Å². The Morgan fingerprint density at radius 3 is 2.55 bits per heavy atom. The number of hydrogen-bond acceptors (Lipinski definition) is 3. The molecule has 0 bridgehead atoms. The van der Waals surface area contributed by atoms with Crippen molar-refractivity contribution in [3.05, 3.63) is 51.7 Å². The largest absolute Gasteiger partial charge is 0.478 e. The predicted octanol–water partition coefficient (Wildman–Crippen LogP) is 4.15. The molecular weight excluding hydrogens is 278 g/mol. The van der Waals surface area contributed by atoms with Gasteiger partial charge in [-0.1, -0.05) is 17.7 Å². The van der Waals surface area contributed by atoms with E-state index < -0.39 is 5.97 Å². The van der Waals surface area contributed by atoms with Crippen molar-refractivity contribution in [1.29, 1.82) is 0 Å². The number of ether oxygens (including phenoxy) is 1. The summed E-state index contributed by atoms with van der Waals surface area (Å²) in [5, 5.41) is 9.04. The molecule has 104 valence electrons. The Morgan fingerprint density at radius 2 is 1.95 bits per heavy atom. The predicted molar refractivity (Wildman–Crippen MR) is 76.9 cm³/mol. The van der Waals surface area contributed by atoms with Crippen LogP contribution in [0.4, 0.5) is 0 Å². The van der Waals surface area contributed by atoms with E-state index in [-0.39, 0.29) is 16.5 Å². The van der Waals surface area contributed by atoms with E-state index in [1.165, 1.54) is 12.3 Å². The van der Waals surface area contributed by atoms with Crippen LogP contribution >= 0.6 is 11.6 Å². The van der Waals surface area contributed by atoms with Gasteiger partial charge in [0.1, 0.15) is 10.8 Å². The molecule has 1 aromatic carbocycles. The number of hydrogen-bond donors (Lipinski definition) is 1. The van der Waals surface area contributed by atoms with Crippen LogP contribution in [0.25, 0.3) is 0 Å². The van der Waals surface area contributed by atoms with E-state index in [0.717, 1.165) is 16.7 Å². The number of aromatic nitrogens is 1. The molecule has 0 spiro atoms. The zero-order valence-corrected chi connectivity index (χ0v) is 12.2. The van der Waals surface area contributed by atoms with Crippen LogP contribution in [-0.2, 0) is 0 Å². The summed E-state index contributed by atoms with van der Waals surface area (Å²) in [6, 6.07) is 5.28. The number of aromatic carboxylic acids is 1. The normalized spacial score (nSPS) is 10.4. The van der Waals surface area contributed by atoms with Crippen molar-refractivity contribution in [1.82, 2.24) is 4.98 Å². The molecule has 1 aromatic heterocycles. The zero-order valence-electron chi connectivity index (χ0n) is 11.4. The topological polar surface area (TPSA) is 59.4 Å². The van der Waals surface area contributed by atoms with Gasteiger partial charge < -0.3 is 9.84 Å². The third kappa shape index (κ3) is 2.91. The van der Waals surface area contributed by atoms with E-state index in [1.807, 2.05) is 26.8 Å². The minimum Gasteiger partial charge on any atom is -0.478 e. The Morgan fingerprint density at radius 1 is 1.25 bits per heavy atom. The van der Waals surface area contributed by atoms with Crippen LogP contribution in [0.15, 0.2) is 24.4 Å². The maximum Gasteiger partial charge on any atom is 0.337 e. The molecule has 1 heterocycles. The highest BCUT2D eigenvalue weighted by Crippen LogP contribution is 2.31. The van der Waals surface area contributed by atoms with Gasteiger partial charge in [-0.25, -0.2) is 9.78 Å². The number of carboxylic acid groups (broad SMARTS) is 1. The van der Waals surface area contributed by atoms with Crippen LogP contribution < -0.4 is 4.74 Å². The molecule has 2 aromatic rings. The lowest BCUT2D eigenvalue weighted by molar-refractivity contribution is 0.0696. The van der Waals surface area contributed by atoms with Crippen LogP contribution in [0.3, 0.4) is 0 Å². The first-order chi connectivity index (χ1) is 9.38. The van der Waals surface area contributed by atoms with Crippen molar-refractivity contribution < 1.29 is 14.6 Å². The second kappa shape index (κ2) is 5.51. The Balaban J connectivity index is 2.38. The van der Waals surface area contributed by atoms with E-state index in [9.17, 15) is 4.79 Å². The molecule has 0 saturated heterocycles. The molecule has 0 atom stereocenters. The molecule has 20 heavy (non-hydrogen) atoms. The number of carbonyl (C=O) groups is 1. The van der Waals surface area contributed by atoms with E-state index in [1.54, 1.807) is 0 Å². The molecule has 5 heteroatoms. The number of nitrogens with zero attached hydrogens (tertiary/aromatic N) is 1. The van der Waals surface area contributed by atoms with Gasteiger partial charge in [-0.3, -0.25) is 0 Å². The first kappa shape index (κ1) is 14.3. The minimum absolute atomic E-state index is 0.0273. The second-order valence-corrected chi connectivity index (χ2v) is 5.03. The molecule has 0 saturated carbocycles. The quantitative estimate of drug-likeness (QED) is 0.923. The van der Waals surface area contributed by atoms with Crippen molar-refractivity contribution in [3.63, 3.8) is 0 Å². The average molecular weight is 292 g/mol. The zero-order chi connectivity index (χ0) is 14.9. The molecule has 0 fully saturated rings. The van der Waals surface area contributed by atoms with Gasteiger partial charge in [0.15, 0.2) is 0 Å². The number of benzene rings is 1. The number of aryl methyl sites for hydroxylation is 2. The molecule has 1 N–H and O–H groups in total. The molecule has 0 aliphatic rings. The van der Waals surface area contributed by atoms with Crippen LogP contribution in [0, 0.1) is 20.8 Å². The molecule has 0 aliphatic carbocycles. The summed E-state index contributed by atoms with van der Waals surface area (Å²) in [5.74, 6) is -0.210. The van der Waals surface area contributed by atoms with Crippen LogP contribution in [0.5, 0.6) is 11.6 Å². The lowest BCUT2D eigenvalue weighted by atomic mass is 10.1. The standard InChI is InChI=1S/C15H14ClNO3/c1-8-4-9(2)10(3)13(5-8)20-14-12(16)6-11(7-17-14)15(18)19/h4-7H,1-3H3,(H,18,19). The fourth-order valence-electron chi connectivity index (χ4n) is 1.83. The summed E-state index contributed by atoms with van der Waals surface area (Å²) >= 11 is 6.00. The number of rotatable bonds is 3. The van der Waals surface area contributed by atoms with Crippen molar-refractivity contribution in [2.24, 2.45) is 0 Å². The van der Waals surface area contributed by atoms with Crippen molar-refractivity contribution in [3.8, 4) is 11.6 Å². The number of pyridine rings is 1. The van der Waals surface area contributed by atoms with Gasteiger partial charge in [0.2, 0.25) is 5.88 Å². The lowest BCUT2D eigenvalue weighted by Crippen LogP contribution is -1.99. The highest BCUT2D eigenvalue weighted by molar-refractivity contribution is 6.32. The van der Waals surface area contributed by atoms with Gasteiger partial charge in [-0.2, -0.15) is 0 Å². The second-order valence-electron chi connectivity index (χ2n) is 4.62. The Labute approximate surface area is 122 Å². The number of carboxylic acids is 1. The van der Waals surface area contributed by atoms with Gasteiger partial charge in [-0.15, -0.1) is 0 Å². The Hall–Kier alpha value is -2.07. The van der Waals surface area contributed by atoms with E-state index in [0.29, 0.717) is 5.75 Å². The summed E-state index contributed by atoms with van der Waals surface area (Å²) < 4.78 is 5.70. The first-order valence-electron chi connectivity index (χ1n) is 6.03. The first-order valence-corrected chi connectivity index (χ1v) is 6.41. The van der Waals surface area contributed by atoms with Crippen LogP contribution in [0.2, 0.25) is 5.02 Å². The van der Waals surface area contributed by atoms with Crippen molar-refractivity contribution >= 4 is 17.6 Å². The molecular formula is C15H14ClNO3. The minimum atomic E-state index is -1.08. The van der Waals surface area contributed by atoms with Crippen molar-refractivity contribution in [2.45, 2.75) is 20.8 Å². The van der Waals surface area contributed by atoms with Crippen LogP contribution in [0.1, 0.15) is 27.0 Å². The average Bonchev–Trinajstić information content (AvgIpc) is 2.37. The molecule has 0 aliphatic heterocycles. The van der Waals surface area contributed by atoms with E-state index in [4.69, 9.17) is 21.4 Å². The SMILES string of the molecule is Cc1cc(C)c(C)c(Oc2ncc(C(=O)O)cc2Cl)c1. The highest BCUT2D eigenvalue weighted by Gasteiger charge is 2.12. The third-order valence-electron chi connectivity index (χ3n) is 3.03. The van der Waals surface area contributed by atoms with Crippen LogP contribution in [-0.4, -0.2) is 16.1 Å². The Kier molecular flexibility index (Phi) is 3.95. The summed E-state index contributed by atoms with van der Waals surface area (Å²) in [4.78, 5) is 14.8.